The number of pyridine rings is 1. The monoisotopic (exact) mass is 212 g/mol. The molecule has 0 aliphatic heterocycles. The molecule has 0 radical (unpaired) electrons. The summed E-state index contributed by atoms with van der Waals surface area (Å²) in [5, 5.41) is 0. The van der Waals surface area contributed by atoms with Gasteiger partial charge in [0.1, 0.15) is 5.75 Å². The highest BCUT2D eigenvalue weighted by molar-refractivity contribution is 5.70. The van der Waals surface area contributed by atoms with Gasteiger partial charge in [-0.15, -0.1) is 0 Å². The van der Waals surface area contributed by atoms with E-state index in [0.29, 0.717) is 0 Å². The normalized spacial score (nSPS) is 10.6. The van der Waals surface area contributed by atoms with E-state index in [9.17, 15) is 0 Å². The van der Waals surface area contributed by atoms with Crippen LogP contribution >= 0.6 is 0 Å². The van der Waals surface area contributed by atoms with Crippen molar-refractivity contribution >= 4 is 12.2 Å². The number of ether oxygens (including phenoxy) is 1. The molecule has 0 aliphatic carbocycles. The maximum absolute atomic E-state index is 5.27. The number of para-hydroxylation sites is 1. The third kappa shape index (κ3) is 2.48. The van der Waals surface area contributed by atoms with E-state index in [0.717, 1.165) is 17.0 Å². The number of methoxy groups -OCH3 is 1. The summed E-state index contributed by atoms with van der Waals surface area (Å²) < 4.78 is 5.27. The van der Waals surface area contributed by atoms with Gasteiger partial charge in [-0.05, 0) is 18.2 Å². The Morgan fingerprint density at radius 3 is 2.56 bits per heavy atom. The quantitative estimate of drug-likeness (QED) is 0.767. The number of hydrogen-bond donors (Lipinski definition) is 0. The Bertz CT molecular complexity index is 477. The van der Waals surface area contributed by atoms with Gasteiger partial charge in [0.25, 0.3) is 0 Å². The molecule has 0 atom stereocenters. The molecule has 80 valence electrons. The first-order valence-electron chi connectivity index (χ1n) is 5.18. The van der Waals surface area contributed by atoms with Gasteiger partial charge < -0.3 is 4.74 Å². The van der Waals surface area contributed by atoms with Gasteiger partial charge in [0, 0.05) is 23.8 Å². The summed E-state index contributed by atoms with van der Waals surface area (Å²) in [7, 11) is 1.68. The first kappa shape index (κ1) is 10.4. The summed E-state index contributed by atoms with van der Waals surface area (Å²) in [6.07, 6.45) is 5.96. The molecule has 0 fully saturated rings. The van der Waals surface area contributed by atoms with Gasteiger partial charge in [-0.2, -0.15) is 0 Å². The fourth-order valence-corrected chi connectivity index (χ4v) is 1.49. The number of hydrogen-bond acceptors (Lipinski definition) is 1. The first-order chi connectivity index (χ1) is 7.90. The molecule has 1 aromatic carbocycles. The standard InChI is InChI=1S/C14H13NO/c1-16-14-8-3-2-6-12(14)9-10-13-7-4-5-11-15-13/h2-11H,1H3/p+1/b10-9+. The number of nitrogens with one attached hydrogen (secondary N) is 1. The molecule has 0 aliphatic rings. The van der Waals surface area contributed by atoms with Crippen LogP contribution in [0, 0.1) is 0 Å². The molecule has 0 spiro atoms. The predicted octanol–water partition coefficient (Wildman–Crippen LogP) is 2.68. The molecular weight excluding hydrogens is 198 g/mol. The van der Waals surface area contributed by atoms with Gasteiger partial charge in [-0.25, -0.2) is 4.98 Å². The van der Waals surface area contributed by atoms with Gasteiger partial charge >= 0.3 is 0 Å². The number of aromatic amines is 1. The highest BCUT2D eigenvalue weighted by atomic mass is 16.5. The molecule has 1 aromatic heterocycles. The van der Waals surface area contributed by atoms with Gasteiger partial charge in [0.15, 0.2) is 6.20 Å². The summed E-state index contributed by atoms with van der Waals surface area (Å²) in [5.74, 6) is 0.884. The maximum atomic E-state index is 5.27. The Labute approximate surface area is 95.2 Å². The van der Waals surface area contributed by atoms with Crippen molar-refractivity contribution in [2.24, 2.45) is 0 Å². The van der Waals surface area contributed by atoms with Gasteiger partial charge in [0.05, 0.1) is 7.11 Å². The van der Waals surface area contributed by atoms with Crippen molar-refractivity contribution in [2.75, 3.05) is 7.11 Å². The van der Waals surface area contributed by atoms with Crippen LogP contribution < -0.4 is 9.72 Å². The number of benzene rings is 1. The van der Waals surface area contributed by atoms with E-state index in [1.807, 2.05) is 60.8 Å². The molecule has 1 N–H and O–H groups in total. The second-order valence-electron chi connectivity index (χ2n) is 3.39. The van der Waals surface area contributed by atoms with Crippen molar-refractivity contribution in [3.63, 3.8) is 0 Å². The van der Waals surface area contributed by atoms with Gasteiger partial charge in [-0.1, -0.05) is 18.2 Å². The van der Waals surface area contributed by atoms with Gasteiger partial charge in [-0.3, -0.25) is 0 Å². The largest absolute Gasteiger partial charge is 0.496 e. The van der Waals surface area contributed by atoms with Crippen LogP contribution in [0.1, 0.15) is 11.3 Å². The van der Waals surface area contributed by atoms with Crippen LogP contribution in [0.25, 0.3) is 12.2 Å². The van der Waals surface area contributed by atoms with E-state index < -0.39 is 0 Å². The van der Waals surface area contributed by atoms with E-state index in [1.165, 1.54) is 0 Å². The number of aromatic nitrogens is 1. The highest BCUT2D eigenvalue weighted by Crippen LogP contribution is 2.19. The van der Waals surface area contributed by atoms with E-state index in [2.05, 4.69) is 4.98 Å². The van der Waals surface area contributed by atoms with E-state index >= 15 is 0 Å². The summed E-state index contributed by atoms with van der Waals surface area (Å²) in [4.78, 5) is 3.15. The summed E-state index contributed by atoms with van der Waals surface area (Å²) in [5.41, 5.74) is 2.13. The van der Waals surface area contributed by atoms with Crippen molar-refractivity contribution < 1.29 is 9.72 Å². The lowest BCUT2D eigenvalue weighted by Gasteiger charge is -2.02. The number of rotatable bonds is 3. The van der Waals surface area contributed by atoms with Crippen molar-refractivity contribution in [3.05, 3.63) is 59.9 Å². The molecule has 2 nitrogen and oxygen atoms in total. The molecule has 2 rings (SSSR count). The Morgan fingerprint density at radius 1 is 1.00 bits per heavy atom. The molecule has 0 amide bonds. The summed E-state index contributed by atoms with van der Waals surface area (Å²) >= 11 is 0. The predicted molar refractivity (Wildman–Crippen MR) is 64.9 cm³/mol. The average Bonchev–Trinajstić information content (AvgIpc) is 2.38. The topological polar surface area (TPSA) is 23.4 Å². The lowest BCUT2D eigenvalue weighted by Crippen LogP contribution is -2.03. The lowest BCUT2D eigenvalue weighted by molar-refractivity contribution is -0.380. The third-order valence-corrected chi connectivity index (χ3v) is 2.31. The van der Waals surface area contributed by atoms with Crippen LogP contribution in [0.4, 0.5) is 0 Å². The number of H-pyrrole nitrogens is 1. The molecule has 1 heterocycles. The zero-order valence-corrected chi connectivity index (χ0v) is 9.18. The Kier molecular flexibility index (Phi) is 3.34. The van der Waals surface area contributed by atoms with E-state index in [1.54, 1.807) is 7.11 Å². The Hall–Kier alpha value is -2.09. The van der Waals surface area contributed by atoms with Crippen molar-refractivity contribution in [2.45, 2.75) is 0 Å². The van der Waals surface area contributed by atoms with Crippen molar-refractivity contribution in [1.82, 2.24) is 0 Å². The van der Waals surface area contributed by atoms with E-state index in [-0.39, 0.29) is 0 Å². The molecule has 2 heteroatoms. The minimum Gasteiger partial charge on any atom is -0.496 e. The summed E-state index contributed by atoms with van der Waals surface area (Å²) in [6.45, 7) is 0. The molecule has 0 unspecified atom stereocenters. The Morgan fingerprint density at radius 2 is 1.81 bits per heavy atom. The van der Waals surface area contributed by atoms with Crippen LogP contribution in [0.5, 0.6) is 5.75 Å². The second kappa shape index (κ2) is 5.12. The van der Waals surface area contributed by atoms with Crippen LogP contribution in [0.3, 0.4) is 0 Å². The average molecular weight is 212 g/mol. The van der Waals surface area contributed by atoms with Crippen LogP contribution in [0.2, 0.25) is 0 Å². The van der Waals surface area contributed by atoms with Crippen molar-refractivity contribution in [1.29, 1.82) is 0 Å². The minimum atomic E-state index is 0.884. The van der Waals surface area contributed by atoms with Crippen LogP contribution in [0.15, 0.2) is 48.7 Å². The summed E-state index contributed by atoms with van der Waals surface area (Å²) in [6, 6.07) is 13.9. The van der Waals surface area contributed by atoms with Crippen LogP contribution in [-0.2, 0) is 0 Å². The van der Waals surface area contributed by atoms with Crippen molar-refractivity contribution in [3.8, 4) is 5.75 Å². The fourth-order valence-electron chi connectivity index (χ4n) is 1.49. The SMILES string of the molecule is COc1ccccc1/C=C/c1cccc[nH+]1. The van der Waals surface area contributed by atoms with E-state index in [4.69, 9.17) is 4.74 Å². The fraction of sp³-hybridized carbons (Fsp3) is 0.0714. The third-order valence-electron chi connectivity index (χ3n) is 2.31. The highest BCUT2D eigenvalue weighted by Gasteiger charge is 1.97. The first-order valence-corrected chi connectivity index (χ1v) is 5.18. The zero-order valence-electron chi connectivity index (χ0n) is 9.18. The maximum Gasteiger partial charge on any atom is 0.203 e. The lowest BCUT2D eigenvalue weighted by atomic mass is 10.1. The Balaban J connectivity index is 2.24. The molecule has 0 bridgehead atoms. The molecule has 0 saturated heterocycles. The molecule has 0 saturated carbocycles. The molecule has 16 heavy (non-hydrogen) atoms. The molecular formula is C14H14NO+. The van der Waals surface area contributed by atoms with Gasteiger partial charge in [0.2, 0.25) is 5.69 Å². The van der Waals surface area contributed by atoms with Crippen LogP contribution in [-0.4, -0.2) is 7.11 Å². The zero-order chi connectivity index (χ0) is 11.2. The molecule has 2 aromatic rings. The second-order valence-corrected chi connectivity index (χ2v) is 3.39. The smallest absolute Gasteiger partial charge is 0.203 e. The minimum absolute atomic E-state index is 0.884.